The van der Waals surface area contributed by atoms with Gasteiger partial charge in [-0.2, -0.15) is 0 Å². The summed E-state index contributed by atoms with van der Waals surface area (Å²) in [5.74, 6) is -0.249. The van der Waals surface area contributed by atoms with Gasteiger partial charge < -0.3 is 10.2 Å². The number of hydrogen-bond donors (Lipinski definition) is 1. The number of allylic oxidation sites excluding steroid dienone is 3. The number of benzene rings is 1. The van der Waals surface area contributed by atoms with Crippen molar-refractivity contribution in [1.29, 1.82) is 0 Å². The van der Waals surface area contributed by atoms with Crippen molar-refractivity contribution < 1.29 is 9.59 Å². The van der Waals surface area contributed by atoms with Crippen molar-refractivity contribution in [3.8, 4) is 0 Å². The third-order valence-corrected chi connectivity index (χ3v) is 2.98. The second kappa shape index (κ2) is 8.74. The average molecular weight is 286 g/mol. The molecule has 0 saturated carbocycles. The molecule has 1 rings (SSSR count). The summed E-state index contributed by atoms with van der Waals surface area (Å²) in [6.07, 6.45) is 6.73. The molecule has 0 aromatic heterocycles. The highest BCUT2D eigenvalue weighted by atomic mass is 16.2. The first-order chi connectivity index (χ1) is 10.1. The molecule has 0 saturated heterocycles. The Morgan fingerprint density at radius 3 is 2.52 bits per heavy atom. The van der Waals surface area contributed by atoms with Gasteiger partial charge in [0.25, 0.3) is 5.91 Å². The summed E-state index contributed by atoms with van der Waals surface area (Å²) in [6, 6.07) is 6.98. The van der Waals surface area contributed by atoms with Crippen LogP contribution in [0.4, 0.5) is 5.69 Å². The van der Waals surface area contributed by atoms with Crippen LogP contribution in [-0.2, 0) is 4.79 Å². The molecule has 112 valence electrons. The van der Waals surface area contributed by atoms with Gasteiger partial charge >= 0.3 is 0 Å². The van der Waals surface area contributed by atoms with Crippen LogP contribution in [0.25, 0.3) is 0 Å². The molecule has 0 bridgehead atoms. The Kier molecular flexibility index (Phi) is 6.95. The summed E-state index contributed by atoms with van der Waals surface area (Å²) in [7, 11) is 0. The van der Waals surface area contributed by atoms with Gasteiger partial charge in [-0.05, 0) is 39.0 Å². The van der Waals surface area contributed by atoms with Crippen LogP contribution >= 0.6 is 0 Å². The Bertz CT molecular complexity index is 543. The van der Waals surface area contributed by atoms with Crippen molar-refractivity contribution in [3.63, 3.8) is 0 Å². The maximum Gasteiger partial charge on any atom is 0.253 e. The number of amides is 2. The van der Waals surface area contributed by atoms with E-state index in [1.807, 2.05) is 26.8 Å². The molecule has 0 aliphatic heterocycles. The highest BCUT2D eigenvalue weighted by Crippen LogP contribution is 2.13. The predicted octanol–water partition coefficient (Wildman–Crippen LogP) is 3.24. The van der Waals surface area contributed by atoms with Gasteiger partial charge in [0.05, 0.1) is 0 Å². The van der Waals surface area contributed by atoms with Gasteiger partial charge in [0.15, 0.2) is 0 Å². The molecule has 4 nitrogen and oxygen atoms in total. The molecule has 0 spiro atoms. The standard InChI is InChI=1S/C17H22N2O2/c1-4-7-8-12-16(20)18-15-11-9-10-14(13-15)17(21)19(5-2)6-3/h4,7-13H,5-6H2,1-3H3,(H,18,20)/b7-4+,12-8+. The zero-order valence-corrected chi connectivity index (χ0v) is 12.8. The third kappa shape index (κ3) is 5.26. The molecular weight excluding hydrogens is 264 g/mol. The smallest absolute Gasteiger partial charge is 0.253 e. The molecular formula is C17H22N2O2. The van der Waals surface area contributed by atoms with Gasteiger partial charge in [-0.3, -0.25) is 9.59 Å². The van der Waals surface area contributed by atoms with Crippen molar-refractivity contribution in [2.24, 2.45) is 0 Å². The SMILES string of the molecule is C/C=C/C=C/C(=O)Nc1cccc(C(=O)N(CC)CC)c1. The van der Waals surface area contributed by atoms with E-state index in [-0.39, 0.29) is 11.8 Å². The topological polar surface area (TPSA) is 49.4 Å². The molecule has 21 heavy (non-hydrogen) atoms. The number of hydrogen-bond acceptors (Lipinski definition) is 2. The molecule has 0 aliphatic carbocycles. The number of nitrogens with one attached hydrogen (secondary N) is 1. The maximum absolute atomic E-state index is 12.2. The summed E-state index contributed by atoms with van der Waals surface area (Å²) < 4.78 is 0. The highest BCUT2D eigenvalue weighted by Gasteiger charge is 2.12. The van der Waals surface area contributed by atoms with E-state index in [1.54, 1.807) is 41.3 Å². The van der Waals surface area contributed by atoms with Crippen LogP contribution in [0.3, 0.4) is 0 Å². The lowest BCUT2D eigenvalue weighted by Gasteiger charge is -2.18. The second-order valence-electron chi connectivity index (χ2n) is 4.43. The summed E-state index contributed by atoms with van der Waals surface area (Å²) in [5.41, 5.74) is 1.19. The third-order valence-electron chi connectivity index (χ3n) is 2.98. The van der Waals surface area contributed by atoms with E-state index in [2.05, 4.69) is 5.32 Å². The van der Waals surface area contributed by atoms with Crippen LogP contribution < -0.4 is 5.32 Å². The molecule has 0 unspecified atom stereocenters. The van der Waals surface area contributed by atoms with Gasteiger partial charge in [0.2, 0.25) is 5.91 Å². The Balaban J connectivity index is 2.81. The predicted molar refractivity (Wildman–Crippen MR) is 86.3 cm³/mol. The Morgan fingerprint density at radius 1 is 1.19 bits per heavy atom. The van der Waals surface area contributed by atoms with Gasteiger partial charge in [0, 0.05) is 30.4 Å². The normalized spacial score (nSPS) is 11.0. The number of rotatable bonds is 6. The molecule has 4 heteroatoms. The van der Waals surface area contributed by atoms with Crippen molar-refractivity contribution in [3.05, 3.63) is 54.1 Å². The van der Waals surface area contributed by atoms with E-state index in [0.29, 0.717) is 24.3 Å². The highest BCUT2D eigenvalue weighted by molar-refractivity contribution is 6.01. The molecule has 0 aliphatic rings. The average Bonchev–Trinajstić information content (AvgIpc) is 2.49. The summed E-state index contributed by atoms with van der Waals surface area (Å²) in [5, 5.41) is 2.74. The van der Waals surface area contributed by atoms with Crippen LogP contribution in [0.15, 0.2) is 48.6 Å². The Labute approximate surface area is 126 Å². The molecule has 0 atom stereocenters. The Hall–Kier alpha value is -2.36. The maximum atomic E-state index is 12.2. The molecule has 1 aromatic rings. The van der Waals surface area contributed by atoms with Crippen LogP contribution in [0.1, 0.15) is 31.1 Å². The van der Waals surface area contributed by atoms with Crippen LogP contribution in [0, 0.1) is 0 Å². The van der Waals surface area contributed by atoms with Gasteiger partial charge in [0.1, 0.15) is 0 Å². The number of carbonyl (C=O) groups is 2. The van der Waals surface area contributed by atoms with Crippen molar-refractivity contribution in [2.45, 2.75) is 20.8 Å². The van der Waals surface area contributed by atoms with E-state index in [9.17, 15) is 9.59 Å². The lowest BCUT2D eigenvalue weighted by molar-refractivity contribution is -0.111. The fraction of sp³-hybridized carbons (Fsp3) is 0.294. The zero-order valence-electron chi connectivity index (χ0n) is 12.8. The van der Waals surface area contributed by atoms with E-state index in [1.165, 1.54) is 6.08 Å². The van der Waals surface area contributed by atoms with E-state index < -0.39 is 0 Å². The lowest BCUT2D eigenvalue weighted by Crippen LogP contribution is -2.30. The lowest BCUT2D eigenvalue weighted by atomic mass is 10.1. The van der Waals surface area contributed by atoms with Gasteiger partial charge in [-0.25, -0.2) is 0 Å². The summed E-state index contributed by atoms with van der Waals surface area (Å²) >= 11 is 0. The Morgan fingerprint density at radius 2 is 1.90 bits per heavy atom. The van der Waals surface area contributed by atoms with Crippen molar-refractivity contribution in [1.82, 2.24) is 4.90 Å². The number of carbonyl (C=O) groups excluding carboxylic acids is 2. The van der Waals surface area contributed by atoms with Crippen LogP contribution in [-0.4, -0.2) is 29.8 Å². The molecule has 2 amide bonds. The van der Waals surface area contributed by atoms with Gasteiger partial charge in [-0.15, -0.1) is 0 Å². The molecule has 0 fully saturated rings. The number of anilines is 1. The molecule has 0 radical (unpaired) electrons. The van der Waals surface area contributed by atoms with Crippen LogP contribution in [0.2, 0.25) is 0 Å². The number of nitrogens with zero attached hydrogens (tertiary/aromatic N) is 1. The molecule has 1 aromatic carbocycles. The van der Waals surface area contributed by atoms with Crippen molar-refractivity contribution >= 4 is 17.5 Å². The minimum Gasteiger partial charge on any atom is -0.339 e. The first kappa shape index (κ1) is 16.7. The van der Waals surface area contributed by atoms with Crippen LogP contribution in [0.5, 0.6) is 0 Å². The fourth-order valence-corrected chi connectivity index (χ4v) is 1.86. The largest absolute Gasteiger partial charge is 0.339 e. The van der Waals surface area contributed by atoms with E-state index >= 15 is 0 Å². The quantitative estimate of drug-likeness (QED) is 0.644. The second-order valence-corrected chi connectivity index (χ2v) is 4.43. The molecule has 1 N–H and O–H groups in total. The monoisotopic (exact) mass is 286 g/mol. The molecule has 0 heterocycles. The van der Waals surface area contributed by atoms with E-state index in [0.717, 1.165) is 0 Å². The van der Waals surface area contributed by atoms with E-state index in [4.69, 9.17) is 0 Å². The summed E-state index contributed by atoms with van der Waals surface area (Å²) in [4.78, 5) is 25.7. The fourth-order valence-electron chi connectivity index (χ4n) is 1.86. The summed E-state index contributed by atoms with van der Waals surface area (Å²) in [6.45, 7) is 7.10. The zero-order chi connectivity index (χ0) is 15.7. The first-order valence-electron chi connectivity index (χ1n) is 7.12. The first-order valence-corrected chi connectivity index (χ1v) is 7.12. The van der Waals surface area contributed by atoms with Crippen molar-refractivity contribution in [2.75, 3.05) is 18.4 Å². The minimum absolute atomic E-state index is 0.0273. The minimum atomic E-state index is -0.222. The van der Waals surface area contributed by atoms with Gasteiger partial charge in [-0.1, -0.05) is 24.3 Å².